The fraction of sp³-hybridized carbons (Fsp3) is 0.136. The molecule has 0 aliphatic rings. The van der Waals surface area contributed by atoms with Crippen molar-refractivity contribution in [3.8, 4) is 22.9 Å². The molecule has 2 aromatic heterocycles. The van der Waals surface area contributed by atoms with E-state index in [9.17, 15) is 9.59 Å². The van der Waals surface area contributed by atoms with Crippen LogP contribution in [-0.2, 0) is 7.05 Å². The zero-order chi connectivity index (χ0) is 21.8. The zero-order valence-electron chi connectivity index (χ0n) is 16.9. The molecule has 9 nitrogen and oxygen atoms in total. The molecule has 0 aliphatic carbocycles. The van der Waals surface area contributed by atoms with E-state index in [2.05, 4.69) is 20.6 Å². The fourth-order valence-electron chi connectivity index (χ4n) is 2.78. The average molecular weight is 417 g/mol. The van der Waals surface area contributed by atoms with Crippen LogP contribution < -0.4 is 10.1 Å². The normalized spacial score (nSPS) is 10.6. The number of ketones is 1. The Morgan fingerprint density at radius 3 is 2.61 bits per heavy atom. The number of hydrogen-bond acceptors (Lipinski definition) is 7. The number of amides is 1. The topological polar surface area (TPSA) is 112 Å². The Morgan fingerprint density at radius 1 is 1.10 bits per heavy atom. The SMILES string of the molecule is CCC(=O)c1nc(-c2ccc(Oc3cccc(C(=O)Nc4ccn(C)n4)c3)cc2)no1. The Balaban J connectivity index is 1.44. The summed E-state index contributed by atoms with van der Waals surface area (Å²) in [5.41, 5.74) is 1.13. The molecule has 4 rings (SSSR count). The number of nitrogens with zero attached hydrogens (tertiary/aromatic N) is 4. The molecule has 0 aliphatic heterocycles. The van der Waals surface area contributed by atoms with Crippen molar-refractivity contribution in [1.29, 1.82) is 0 Å². The number of aryl methyl sites for hydroxylation is 1. The van der Waals surface area contributed by atoms with Gasteiger partial charge in [-0.15, -0.1) is 0 Å². The molecule has 156 valence electrons. The van der Waals surface area contributed by atoms with Gasteiger partial charge < -0.3 is 14.6 Å². The molecule has 2 heterocycles. The molecular formula is C22H19N5O4. The van der Waals surface area contributed by atoms with Gasteiger partial charge in [0, 0.05) is 36.9 Å². The molecule has 1 amide bonds. The van der Waals surface area contributed by atoms with Crippen LogP contribution in [0.4, 0.5) is 5.82 Å². The van der Waals surface area contributed by atoms with Crippen LogP contribution in [0.5, 0.6) is 11.5 Å². The van der Waals surface area contributed by atoms with E-state index in [1.807, 2.05) is 0 Å². The first-order valence-electron chi connectivity index (χ1n) is 9.58. The summed E-state index contributed by atoms with van der Waals surface area (Å²) in [6.45, 7) is 1.73. The molecule has 0 spiro atoms. The van der Waals surface area contributed by atoms with Crippen LogP contribution in [0.3, 0.4) is 0 Å². The Bertz CT molecular complexity index is 1230. The lowest BCUT2D eigenvalue weighted by molar-refractivity contribution is 0.0945. The summed E-state index contributed by atoms with van der Waals surface area (Å²) in [4.78, 5) is 28.2. The van der Waals surface area contributed by atoms with E-state index in [0.717, 1.165) is 0 Å². The molecule has 0 fully saturated rings. The van der Waals surface area contributed by atoms with E-state index in [1.54, 1.807) is 79.4 Å². The minimum absolute atomic E-state index is 0.00128. The third-order valence-corrected chi connectivity index (χ3v) is 4.39. The maximum atomic E-state index is 12.4. The maximum absolute atomic E-state index is 12.4. The first kappa shape index (κ1) is 20.0. The van der Waals surface area contributed by atoms with Gasteiger partial charge in [-0.3, -0.25) is 14.3 Å². The molecule has 4 aromatic rings. The number of carbonyl (C=O) groups is 2. The highest BCUT2D eigenvalue weighted by molar-refractivity contribution is 6.04. The number of aromatic nitrogens is 4. The molecule has 0 unspecified atom stereocenters. The number of ether oxygens (including phenoxy) is 1. The van der Waals surface area contributed by atoms with Crippen molar-refractivity contribution in [2.45, 2.75) is 13.3 Å². The molecule has 9 heteroatoms. The molecule has 0 atom stereocenters. The number of carbonyl (C=O) groups excluding carboxylic acids is 2. The van der Waals surface area contributed by atoms with Gasteiger partial charge in [0.1, 0.15) is 11.5 Å². The predicted molar refractivity (Wildman–Crippen MR) is 112 cm³/mol. The van der Waals surface area contributed by atoms with E-state index in [0.29, 0.717) is 40.7 Å². The number of anilines is 1. The molecule has 0 radical (unpaired) electrons. The minimum Gasteiger partial charge on any atom is -0.457 e. The van der Waals surface area contributed by atoms with E-state index in [-0.39, 0.29) is 17.6 Å². The van der Waals surface area contributed by atoms with Gasteiger partial charge in [0.2, 0.25) is 11.6 Å². The van der Waals surface area contributed by atoms with Gasteiger partial charge in [0.15, 0.2) is 5.82 Å². The number of benzene rings is 2. The van der Waals surface area contributed by atoms with Gasteiger partial charge in [-0.25, -0.2) is 0 Å². The van der Waals surface area contributed by atoms with Crippen molar-refractivity contribution >= 4 is 17.5 Å². The molecule has 31 heavy (non-hydrogen) atoms. The third-order valence-electron chi connectivity index (χ3n) is 4.39. The second-order valence-electron chi connectivity index (χ2n) is 6.68. The van der Waals surface area contributed by atoms with Gasteiger partial charge in [0.05, 0.1) is 0 Å². The molecule has 0 saturated carbocycles. The standard InChI is InChI=1S/C22H19N5O4/c1-3-18(28)22-24-20(26-31-22)14-7-9-16(10-8-14)30-17-6-4-5-15(13-17)21(29)23-19-11-12-27(2)25-19/h4-13H,3H2,1-2H3,(H,23,25,29). The van der Waals surface area contributed by atoms with Crippen LogP contribution in [-0.4, -0.2) is 31.6 Å². The zero-order valence-corrected chi connectivity index (χ0v) is 16.9. The molecule has 0 saturated heterocycles. The monoisotopic (exact) mass is 417 g/mol. The second-order valence-corrected chi connectivity index (χ2v) is 6.68. The Morgan fingerprint density at radius 2 is 1.90 bits per heavy atom. The number of hydrogen-bond donors (Lipinski definition) is 1. The number of nitrogens with one attached hydrogen (secondary N) is 1. The Hall–Kier alpha value is -4.27. The summed E-state index contributed by atoms with van der Waals surface area (Å²) >= 11 is 0. The van der Waals surface area contributed by atoms with E-state index in [1.165, 1.54) is 0 Å². The highest BCUT2D eigenvalue weighted by Gasteiger charge is 2.14. The predicted octanol–water partition coefficient (Wildman–Crippen LogP) is 4.11. The summed E-state index contributed by atoms with van der Waals surface area (Å²) in [6.07, 6.45) is 2.04. The average Bonchev–Trinajstić information content (AvgIpc) is 3.43. The lowest BCUT2D eigenvalue weighted by Gasteiger charge is -2.08. The molecular weight excluding hydrogens is 398 g/mol. The summed E-state index contributed by atoms with van der Waals surface area (Å²) in [5.74, 6) is 1.39. The number of Topliss-reactive ketones (excluding diaryl/α,β-unsaturated/α-hetero) is 1. The summed E-state index contributed by atoms with van der Waals surface area (Å²) in [5, 5.41) is 10.7. The lowest BCUT2D eigenvalue weighted by atomic mass is 10.2. The van der Waals surface area contributed by atoms with Gasteiger partial charge in [-0.1, -0.05) is 18.1 Å². The lowest BCUT2D eigenvalue weighted by Crippen LogP contribution is -2.12. The summed E-state index contributed by atoms with van der Waals surface area (Å²) in [7, 11) is 1.78. The van der Waals surface area contributed by atoms with Crippen LogP contribution >= 0.6 is 0 Å². The van der Waals surface area contributed by atoms with Crippen molar-refractivity contribution in [3.05, 3.63) is 72.2 Å². The fourth-order valence-corrected chi connectivity index (χ4v) is 2.78. The Labute approximate surface area is 177 Å². The van der Waals surface area contributed by atoms with Crippen LogP contribution in [0.15, 0.2) is 65.3 Å². The highest BCUT2D eigenvalue weighted by atomic mass is 16.5. The quantitative estimate of drug-likeness (QED) is 0.450. The van der Waals surface area contributed by atoms with Gasteiger partial charge >= 0.3 is 0 Å². The van der Waals surface area contributed by atoms with Crippen LogP contribution in [0.25, 0.3) is 11.4 Å². The first-order valence-corrected chi connectivity index (χ1v) is 9.58. The summed E-state index contributed by atoms with van der Waals surface area (Å²) in [6, 6.07) is 15.6. The van der Waals surface area contributed by atoms with Crippen LogP contribution in [0.1, 0.15) is 34.4 Å². The van der Waals surface area contributed by atoms with Crippen molar-refractivity contribution in [1.82, 2.24) is 19.9 Å². The van der Waals surface area contributed by atoms with Crippen molar-refractivity contribution in [2.75, 3.05) is 5.32 Å². The first-order chi connectivity index (χ1) is 15.0. The maximum Gasteiger partial charge on any atom is 0.294 e. The van der Waals surface area contributed by atoms with E-state index >= 15 is 0 Å². The van der Waals surface area contributed by atoms with Crippen molar-refractivity contribution < 1.29 is 18.8 Å². The number of rotatable bonds is 7. The molecule has 0 bridgehead atoms. The van der Waals surface area contributed by atoms with Gasteiger partial charge in [-0.05, 0) is 42.5 Å². The second kappa shape index (κ2) is 8.62. The Kier molecular flexibility index (Phi) is 5.57. The minimum atomic E-state index is -0.283. The van der Waals surface area contributed by atoms with E-state index < -0.39 is 0 Å². The smallest absolute Gasteiger partial charge is 0.294 e. The van der Waals surface area contributed by atoms with Crippen LogP contribution in [0, 0.1) is 0 Å². The largest absolute Gasteiger partial charge is 0.457 e. The van der Waals surface area contributed by atoms with Crippen molar-refractivity contribution in [3.63, 3.8) is 0 Å². The molecule has 1 N–H and O–H groups in total. The van der Waals surface area contributed by atoms with E-state index in [4.69, 9.17) is 9.26 Å². The van der Waals surface area contributed by atoms with Gasteiger partial charge in [-0.2, -0.15) is 10.1 Å². The summed E-state index contributed by atoms with van der Waals surface area (Å²) < 4.78 is 12.5. The highest BCUT2D eigenvalue weighted by Crippen LogP contribution is 2.25. The van der Waals surface area contributed by atoms with Gasteiger partial charge in [0.25, 0.3) is 11.8 Å². The molecule has 2 aromatic carbocycles. The third kappa shape index (κ3) is 4.67. The van der Waals surface area contributed by atoms with Crippen LogP contribution in [0.2, 0.25) is 0 Å². The van der Waals surface area contributed by atoms with Crippen molar-refractivity contribution in [2.24, 2.45) is 7.05 Å².